The fraction of sp³-hybridized carbons (Fsp3) is 0.105. The molecule has 0 bridgehead atoms. The zero-order valence-electron chi connectivity index (χ0n) is 13.8. The van der Waals surface area contributed by atoms with Gasteiger partial charge in [0.05, 0.1) is 17.7 Å². The van der Waals surface area contributed by atoms with Crippen LogP contribution in [0.1, 0.15) is 16.1 Å². The van der Waals surface area contributed by atoms with E-state index in [4.69, 9.17) is 37.5 Å². The number of halogens is 2. The van der Waals surface area contributed by atoms with Gasteiger partial charge >= 0.3 is 0 Å². The Labute approximate surface area is 160 Å². The second-order valence-electron chi connectivity index (χ2n) is 5.43. The third kappa shape index (κ3) is 3.85. The first-order valence-corrected chi connectivity index (χ1v) is 8.42. The molecule has 26 heavy (non-hydrogen) atoms. The Hall–Kier alpha value is -2.47. The van der Waals surface area contributed by atoms with Gasteiger partial charge in [0, 0.05) is 16.3 Å². The number of carbonyl (C=O) groups excluding carboxylic acids is 1. The number of carbonyl (C=O) groups is 1. The highest BCUT2D eigenvalue weighted by atomic mass is 35.5. The minimum Gasteiger partial charge on any atom is -0.494 e. The smallest absolute Gasteiger partial charge is 0.259 e. The van der Waals surface area contributed by atoms with Gasteiger partial charge in [-0.1, -0.05) is 35.3 Å². The summed E-state index contributed by atoms with van der Waals surface area (Å²) < 4.78 is 10.7. The molecule has 3 aromatic rings. The molecular weight excluding hydrogens is 377 g/mol. The summed E-state index contributed by atoms with van der Waals surface area (Å²) in [5.41, 5.74) is 1.56. The van der Waals surface area contributed by atoms with Crippen molar-refractivity contribution in [3.8, 4) is 17.1 Å². The highest BCUT2D eigenvalue weighted by molar-refractivity contribution is 6.36. The molecule has 0 unspecified atom stereocenters. The maximum absolute atomic E-state index is 12.6. The van der Waals surface area contributed by atoms with E-state index in [1.54, 1.807) is 30.3 Å². The lowest BCUT2D eigenvalue weighted by molar-refractivity contribution is 0.102. The number of ether oxygens (including phenoxy) is 1. The highest BCUT2D eigenvalue weighted by Crippen LogP contribution is 2.33. The van der Waals surface area contributed by atoms with Crippen molar-refractivity contribution in [1.82, 2.24) is 0 Å². The van der Waals surface area contributed by atoms with E-state index in [0.717, 1.165) is 5.56 Å². The van der Waals surface area contributed by atoms with Crippen LogP contribution in [-0.4, -0.2) is 18.1 Å². The number of furan rings is 1. The second kappa shape index (κ2) is 7.83. The van der Waals surface area contributed by atoms with Gasteiger partial charge in [-0.05, 0) is 36.4 Å². The molecule has 0 saturated carbocycles. The van der Waals surface area contributed by atoms with Crippen molar-refractivity contribution < 1.29 is 19.1 Å². The molecule has 1 aromatic heterocycles. The number of methoxy groups -OCH3 is 1. The lowest BCUT2D eigenvalue weighted by atomic mass is 10.1. The maximum atomic E-state index is 12.6. The summed E-state index contributed by atoms with van der Waals surface area (Å²) in [7, 11) is 1.43. The average molecular weight is 392 g/mol. The van der Waals surface area contributed by atoms with Gasteiger partial charge in [-0.2, -0.15) is 0 Å². The lowest BCUT2D eigenvalue weighted by Crippen LogP contribution is -2.13. The molecule has 2 aromatic carbocycles. The fourth-order valence-corrected chi connectivity index (χ4v) is 3.07. The first-order valence-electron chi connectivity index (χ1n) is 7.66. The van der Waals surface area contributed by atoms with Crippen LogP contribution >= 0.6 is 23.2 Å². The summed E-state index contributed by atoms with van der Waals surface area (Å²) in [6.07, 6.45) is 0. The predicted octanol–water partition coefficient (Wildman–Crippen LogP) is 5.01. The monoisotopic (exact) mass is 391 g/mol. The molecular formula is C19H15Cl2NO4. The number of rotatable bonds is 5. The molecule has 3 rings (SSSR count). The first-order chi connectivity index (χ1) is 12.5. The van der Waals surface area contributed by atoms with Crippen LogP contribution in [0.25, 0.3) is 11.3 Å². The molecule has 0 aliphatic rings. The van der Waals surface area contributed by atoms with E-state index >= 15 is 0 Å². The largest absolute Gasteiger partial charge is 0.494 e. The molecule has 0 spiro atoms. The molecule has 0 aliphatic heterocycles. The van der Waals surface area contributed by atoms with Crippen LogP contribution in [0.4, 0.5) is 5.69 Å². The standard InChI is InChI=1S/C19H15Cl2NO4/c1-25-18-15(8-12(20)9-16(18)21)19(24)22-13-4-2-3-11(7-13)17-6-5-14(10-23)26-17/h2-9,23H,10H2,1H3,(H,22,24). The van der Waals surface area contributed by atoms with Crippen LogP contribution in [0.15, 0.2) is 52.9 Å². The second-order valence-corrected chi connectivity index (χ2v) is 6.27. The molecule has 2 N–H and O–H groups in total. The zero-order chi connectivity index (χ0) is 18.7. The summed E-state index contributed by atoms with van der Waals surface area (Å²) in [4.78, 5) is 12.6. The lowest BCUT2D eigenvalue weighted by Gasteiger charge is -2.12. The van der Waals surface area contributed by atoms with E-state index in [9.17, 15) is 4.79 Å². The molecule has 134 valence electrons. The molecule has 1 amide bonds. The maximum Gasteiger partial charge on any atom is 0.259 e. The summed E-state index contributed by atoms with van der Waals surface area (Å²) in [6.45, 7) is -0.175. The van der Waals surface area contributed by atoms with Crippen LogP contribution in [0.5, 0.6) is 5.75 Å². The van der Waals surface area contributed by atoms with Gasteiger partial charge in [0.15, 0.2) is 0 Å². The van der Waals surface area contributed by atoms with Gasteiger partial charge < -0.3 is 19.6 Å². The number of aliphatic hydroxyl groups is 1. The van der Waals surface area contributed by atoms with Crippen molar-refractivity contribution >= 4 is 34.8 Å². The third-order valence-electron chi connectivity index (χ3n) is 3.68. The van der Waals surface area contributed by atoms with Crippen LogP contribution in [0.3, 0.4) is 0 Å². The SMILES string of the molecule is COc1c(Cl)cc(Cl)cc1C(=O)Nc1cccc(-c2ccc(CO)o2)c1. The van der Waals surface area contributed by atoms with Crippen molar-refractivity contribution in [2.24, 2.45) is 0 Å². The van der Waals surface area contributed by atoms with Crippen molar-refractivity contribution in [2.75, 3.05) is 12.4 Å². The minimum atomic E-state index is -0.404. The Morgan fingerprint density at radius 2 is 2.00 bits per heavy atom. The fourth-order valence-electron chi connectivity index (χ4n) is 2.50. The Balaban J connectivity index is 1.88. The van der Waals surface area contributed by atoms with Gasteiger partial charge in [-0.15, -0.1) is 0 Å². The van der Waals surface area contributed by atoms with E-state index < -0.39 is 5.91 Å². The third-order valence-corrected chi connectivity index (χ3v) is 4.18. The van der Waals surface area contributed by atoms with E-state index in [1.807, 2.05) is 6.07 Å². The van der Waals surface area contributed by atoms with Gasteiger partial charge in [0.1, 0.15) is 23.9 Å². The number of anilines is 1. The number of aliphatic hydroxyl groups excluding tert-OH is 1. The quantitative estimate of drug-likeness (QED) is 0.641. The molecule has 0 saturated heterocycles. The van der Waals surface area contributed by atoms with Crippen molar-refractivity contribution in [3.05, 3.63) is 69.9 Å². The molecule has 0 fully saturated rings. The first kappa shape index (κ1) is 18.3. The summed E-state index contributed by atoms with van der Waals surface area (Å²) in [5, 5.41) is 12.5. The number of nitrogens with one attached hydrogen (secondary N) is 1. The van der Waals surface area contributed by atoms with Crippen molar-refractivity contribution in [3.63, 3.8) is 0 Å². The van der Waals surface area contributed by atoms with E-state index in [1.165, 1.54) is 19.2 Å². The highest BCUT2D eigenvalue weighted by Gasteiger charge is 2.17. The average Bonchev–Trinajstić information content (AvgIpc) is 3.10. The predicted molar refractivity (Wildman–Crippen MR) is 101 cm³/mol. The van der Waals surface area contributed by atoms with Crippen LogP contribution < -0.4 is 10.1 Å². The van der Waals surface area contributed by atoms with Crippen LogP contribution in [-0.2, 0) is 6.61 Å². The van der Waals surface area contributed by atoms with E-state index in [2.05, 4.69) is 5.32 Å². The van der Waals surface area contributed by atoms with Crippen molar-refractivity contribution in [1.29, 1.82) is 0 Å². The minimum absolute atomic E-state index is 0.175. The molecule has 0 radical (unpaired) electrons. The number of amides is 1. The van der Waals surface area contributed by atoms with Crippen LogP contribution in [0, 0.1) is 0 Å². The van der Waals surface area contributed by atoms with Gasteiger partial charge in [-0.3, -0.25) is 4.79 Å². The Morgan fingerprint density at radius 3 is 2.69 bits per heavy atom. The zero-order valence-corrected chi connectivity index (χ0v) is 15.3. The molecule has 0 aliphatic carbocycles. The van der Waals surface area contributed by atoms with Crippen molar-refractivity contribution in [2.45, 2.75) is 6.61 Å². The summed E-state index contributed by atoms with van der Waals surface area (Å²) in [5.74, 6) is 0.906. The molecule has 0 atom stereocenters. The Kier molecular flexibility index (Phi) is 5.52. The summed E-state index contributed by atoms with van der Waals surface area (Å²) >= 11 is 12.1. The number of hydrogen-bond donors (Lipinski definition) is 2. The van der Waals surface area contributed by atoms with Gasteiger partial charge in [0.25, 0.3) is 5.91 Å². The molecule has 1 heterocycles. The van der Waals surface area contributed by atoms with Gasteiger partial charge in [-0.25, -0.2) is 0 Å². The number of benzene rings is 2. The number of hydrogen-bond acceptors (Lipinski definition) is 4. The Bertz CT molecular complexity index is 952. The van der Waals surface area contributed by atoms with Gasteiger partial charge in [0.2, 0.25) is 0 Å². The Morgan fingerprint density at radius 1 is 1.19 bits per heavy atom. The van der Waals surface area contributed by atoms with E-state index in [0.29, 0.717) is 22.2 Å². The molecule has 7 heteroatoms. The topological polar surface area (TPSA) is 71.7 Å². The van der Waals surface area contributed by atoms with Crippen LogP contribution in [0.2, 0.25) is 10.0 Å². The van der Waals surface area contributed by atoms with E-state index in [-0.39, 0.29) is 22.9 Å². The normalized spacial score (nSPS) is 10.6. The molecule has 5 nitrogen and oxygen atoms in total. The summed E-state index contributed by atoms with van der Waals surface area (Å²) in [6, 6.07) is 13.6.